The SMILES string of the molecule is N#Cc1cc2cnc(Nc3ccc(C4CCNCC4)c(F)c3)nc2n(C2CCCC2)c1=O. The lowest BCUT2D eigenvalue weighted by molar-refractivity contribution is 0.445. The molecule has 1 aromatic carbocycles. The smallest absolute Gasteiger partial charge is 0.270 e. The van der Waals surface area contributed by atoms with Crippen LogP contribution in [0.4, 0.5) is 16.0 Å². The van der Waals surface area contributed by atoms with Crippen molar-refractivity contribution in [3.05, 3.63) is 57.8 Å². The lowest BCUT2D eigenvalue weighted by atomic mass is 9.90. The minimum absolute atomic E-state index is 0.0303. The highest BCUT2D eigenvalue weighted by Crippen LogP contribution is 2.32. The summed E-state index contributed by atoms with van der Waals surface area (Å²) in [4.78, 5) is 21.8. The van der Waals surface area contributed by atoms with Gasteiger partial charge in [-0.15, -0.1) is 0 Å². The van der Waals surface area contributed by atoms with Gasteiger partial charge in [0, 0.05) is 23.3 Å². The van der Waals surface area contributed by atoms with Crippen molar-refractivity contribution in [2.75, 3.05) is 18.4 Å². The summed E-state index contributed by atoms with van der Waals surface area (Å²) >= 11 is 0. The van der Waals surface area contributed by atoms with E-state index in [1.54, 1.807) is 16.8 Å². The first-order valence-electron chi connectivity index (χ1n) is 11.2. The molecule has 7 nitrogen and oxygen atoms in total. The monoisotopic (exact) mass is 432 g/mol. The molecule has 0 amide bonds. The fraction of sp³-hybridized carbons (Fsp3) is 0.417. The zero-order valence-electron chi connectivity index (χ0n) is 17.8. The van der Waals surface area contributed by atoms with Gasteiger partial charge in [-0.2, -0.15) is 10.2 Å². The van der Waals surface area contributed by atoms with E-state index in [-0.39, 0.29) is 28.9 Å². The number of anilines is 2. The molecule has 2 aromatic heterocycles. The van der Waals surface area contributed by atoms with Crippen molar-refractivity contribution >= 4 is 22.7 Å². The van der Waals surface area contributed by atoms with Crippen molar-refractivity contribution in [1.82, 2.24) is 19.9 Å². The van der Waals surface area contributed by atoms with Gasteiger partial charge in [-0.05, 0) is 68.5 Å². The topological polar surface area (TPSA) is 95.6 Å². The van der Waals surface area contributed by atoms with Crippen LogP contribution in [0.5, 0.6) is 0 Å². The van der Waals surface area contributed by atoms with Crippen LogP contribution in [-0.4, -0.2) is 27.6 Å². The first-order chi connectivity index (χ1) is 15.6. The zero-order chi connectivity index (χ0) is 22.1. The molecule has 0 radical (unpaired) electrons. The predicted molar refractivity (Wildman–Crippen MR) is 121 cm³/mol. The fourth-order valence-corrected chi connectivity index (χ4v) is 4.96. The second kappa shape index (κ2) is 8.67. The van der Waals surface area contributed by atoms with Gasteiger partial charge in [0.25, 0.3) is 5.56 Å². The number of hydrogen-bond acceptors (Lipinski definition) is 6. The molecule has 0 atom stereocenters. The van der Waals surface area contributed by atoms with Crippen LogP contribution in [0.15, 0.2) is 35.3 Å². The molecule has 2 N–H and O–H groups in total. The maximum absolute atomic E-state index is 14.8. The van der Waals surface area contributed by atoms with Crippen LogP contribution in [-0.2, 0) is 0 Å². The Morgan fingerprint density at radius 2 is 1.94 bits per heavy atom. The largest absolute Gasteiger partial charge is 0.324 e. The van der Waals surface area contributed by atoms with E-state index >= 15 is 0 Å². The van der Waals surface area contributed by atoms with Gasteiger partial charge in [0.2, 0.25) is 5.95 Å². The summed E-state index contributed by atoms with van der Waals surface area (Å²) < 4.78 is 16.5. The number of piperidine rings is 1. The molecule has 1 saturated heterocycles. The summed E-state index contributed by atoms with van der Waals surface area (Å²) in [5, 5.41) is 16.4. The van der Waals surface area contributed by atoms with Gasteiger partial charge >= 0.3 is 0 Å². The van der Waals surface area contributed by atoms with E-state index < -0.39 is 0 Å². The molecule has 8 heteroatoms. The second-order valence-corrected chi connectivity index (χ2v) is 8.64. The Kier molecular flexibility index (Phi) is 5.58. The molecule has 164 valence electrons. The van der Waals surface area contributed by atoms with Crippen LogP contribution in [0.2, 0.25) is 0 Å². The van der Waals surface area contributed by atoms with E-state index in [9.17, 15) is 14.4 Å². The molecule has 0 unspecified atom stereocenters. The number of aromatic nitrogens is 3. The minimum Gasteiger partial charge on any atom is -0.324 e. The van der Waals surface area contributed by atoms with Crippen molar-refractivity contribution in [2.24, 2.45) is 0 Å². The first kappa shape index (κ1) is 20.6. The summed E-state index contributed by atoms with van der Waals surface area (Å²) in [5.41, 5.74) is 1.60. The molecule has 0 bridgehead atoms. The van der Waals surface area contributed by atoms with Crippen LogP contribution in [0, 0.1) is 17.1 Å². The van der Waals surface area contributed by atoms with Gasteiger partial charge < -0.3 is 10.6 Å². The van der Waals surface area contributed by atoms with Crippen LogP contribution in [0.25, 0.3) is 11.0 Å². The fourth-order valence-electron chi connectivity index (χ4n) is 4.96. The zero-order valence-corrected chi connectivity index (χ0v) is 17.8. The Hall–Kier alpha value is -3.31. The van der Waals surface area contributed by atoms with Crippen LogP contribution < -0.4 is 16.2 Å². The molecule has 3 aromatic rings. The van der Waals surface area contributed by atoms with Gasteiger partial charge in [-0.3, -0.25) is 9.36 Å². The van der Waals surface area contributed by atoms with Gasteiger partial charge in [0.15, 0.2) is 0 Å². The average Bonchev–Trinajstić information content (AvgIpc) is 3.34. The second-order valence-electron chi connectivity index (χ2n) is 8.64. The molecule has 32 heavy (non-hydrogen) atoms. The third-order valence-corrected chi connectivity index (χ3v) is 6.62. The van der Waals surface area contributed by atoms with E-state index in [1.165, 1.54) is 6.07 Å². The number of halogens is 1. The van der Waals surface area contributed by atoms with E-state index in [0.717, 1.165) is 57.2 Å². The van der Waals surface area contributed by atoms with E-state index in [1.807, 2.05) is 18.2 Å². The van der Waals surface area contributed by atoms with Gasteiger partial charge in [0.1, 0.15) is 23.1 Å². The molecule has 3 heterocycles. The van der Waals surface area contributed by atoms with Crippen molar-refractivity contribution in [2.45, 2.75) is 50.5 Å². The van der Waals surface area contributed by atoms with E-state index in [4.69, 9.17) is 0 Å². The van der Waals surface area contributed by atoms with E-state index in [2.05, 4.69) is 20.6 Å². The Balaban J connectivity index is 1.48. The summed E-state index contributed by atoms with van der Waals surface area (Å²) in [7, 11) is 0. The van der Waals surface area contributed by atoms with Gasteiger partial charge in [-0.1, -0.05) is 18.9 Å². The van der Waals surface area contributed by atoms with Gasteiger partial charge in [-0.25, -0.2) is 9.37 Å². The van der Waals surface area contributed by atoms with Crippen molar-refractivity contribution < 1.29 is 4.39 Å². The Bertz CT molecular complexity index is 1250. The number of nitrogens with zero attached hydrogens (tertiary/aromatic N) is 4. The molecule has 5 rings (SSSR count). The van der Waals surface area contributed by atoms with Crippen LogP contribution >= 0.6 is 0 Å². The molecule has 0 spiro atoms. The van der Waals surface area contributed by atoms with Gasteiger partial charge in [0.05, 0.1) is 0 Å². The molecule has 1 aliphatic carbocycles. The Morgan fingerprint density at radius 1 is 1.16 bits per heavy atom. The molecule has 2 aliphatic rings. The highest BCUT2D eigenvalue weighted by Gasteiger charge is 2.23. The molecule has 2 fully saturated rings. The minimum atomic E-state index is -0.311. The number of pyridine rings is 1. The third-order valence-electron chi connectivity index (χ3n) is 6.62. The third kappa shape index (κ3) is 3.84. The maximum atomic E-state index is 14.8. The lowest BCUT2D eigenvalue weighted by Gasteiger charge is -2.23. The molecular formula is C24H25FN6O. The number of nitriles is 1. The maximum Gasteiger partial charge on any atom is 0.270 e. The van der Waals surface area contributed by atoms with Crippen LogP contribution in [0.3, 0.4) is 0 Å². The average molecular weight is 433 g/mol. The quantitative estimate of drug-likeness (QED) is 0.644. The first-order valence-corrected chi connectivity index (χ1v) is 11.2. The Labute approximate surface area is 185 Å². The van der Waals surface area contributed by atoms with Crippen LogP contribution in [0.1, 0.15) is 61.6 Å². The number of benzene rings is 1. The predicted octanol–water partition coefficient (Wildman–Crippen LogP) is 4.13. The summed E-state index contributed by atoms with van der Waals surface area (Å²) in [6.45, 7) is 1.82. The molecule has 1 aliphatic heterocycles. The standard InChI is InChI=1S/C24H25FN6O/c25-21-12-18(5-6-20(21)15-7-9-27-10-8-15)29-24-28-14-17-11-16(13-26)23(32)31(22(17)30-24)19-3-1-2-4-19/h5-6,11-12,14-15,19,27H,1-4,7-10H2,(H,28,29,30). The highest BCUT2D eigenvalue weighted by molar-refractivity contribution is 5.77. The van der Waals surface area contributed by atoms with Crippen molar-refractivity contribution in [1.29, 1.82) is 5.26 Å². The Morgan fingerprint density at radius 3 is 2.66 bits per heavy atom. The normalized spacial score (nSPS) is 17.5. The molecule has 1 saturated carbocycles. The number of fused-ring (bicyclic) bond motifs is 1. The highest BCUT2D eigenvalue weighted by atomic mass is 19.1. The number of hydrogen-bond donors (Lipinski definition) is 2. The van der Waals surface area contributed by atoms with Crippen molar-refractivity contribution in [3.8, 4) is 6.07 Å². The molecular weight excluding hydrogens is 407 g/mol. The van der Waals surface area contributed by atoms with Crippen molar-refractivity contribution in [3.63, 3.8) is 0 Å². The lowest BCUT2D eigenvalue weighted by Crippen LogP contribution is -2.27. The number of nitrogens with one attached hydrogen (secondary N) is 2. The summed E-state index contributed by atoms with van der Waals surface area (Å²) in [5.74, 6) is 0.295. The number of rotatable bonds is 4. The summed E-state index contributed by atoms with van der Waals surface area (Å²) in [6, 6.07) is 8.73. The van der Waals surface area contributed by atoms with E-state index in [0.29, 0.717) is 22.7 Å². The summed E-state index contributed by atoms with van der Waals surface area (Å²) in [6.07, 6.45) is 7.35.